The summed E-state index contributed by atoms with van der Waals surface area (Å²) in [6.07, 6.45) is 3.61. The quantitative estimate of drug-likeness (QED) is 0.610. The Hall–Kier alpha value is -0.120. The molecule has 0 heterocycles. The number of aliphatic hydroxyl groups excluding tert-OH is 3. The minimum absolute atomic E-state index is 0.245. The van der Waals surface area contributed by atoms with Crippen LogP contribution < -0.4 is 0 Å². The third kappa shape index (κ3) is 2.03. The van der Waals surface area contributed by atoms with Crippen molar-refractivity contribution in [1.29, 1.82) is 0 Å². The number of aliphatic hydroxyl groups is 3. The van der Waals surface area contributed by atoms with Crippen molar-refractivity contribution in [3.8, 4) is 0 Å². The van der Waals surface area contributed by atoms with E-state index < -0.39 is 17.6 Å². The van der Waals surface area contributed by atoms with Crippen LogP contribution in [0.3, 0.4) is 0 Å². The molecule has 0 spiro atoms. The highest BCUT2D eigenvalue weighted by Crippen LogP contribution is 2.42. The predicted octanol–water partition coefficient (Wildman–Crippen LogP) is 0.671. The lowest BCUT2D eigenvalue weighted by Crippen LogP contribution is -2.47. The zero-order valence-corrected chi connectivity index (χ0v) is 8.24. The van der Waals surface area contributed by atoms with E-state index in [-0.39, 0.29) is 6.61 Å². The van der Waals surface area contributed by atoms with Crippen molar-refractivity contribution in [1.82, 2.24) is 0 Å². The van der Waals surface area contributed by atoms with Crippen LogP contribution >= 0.6 is 0 Å². The highest BCUT2D eigenvalue weighted by Gasteiger charge is 2.42. The zero-order valence-electron chi connectivity index (χ0n) is 8.24. The molecule has 1 aliphatic carbocycles. The maximum atomic E-state index is 9.69. The molecule has 0 amide bonds. The minimum Gasteiger partial charge on any atom is -0.394 e. The van der Waals surface area contributed by atoms with Gasteiger partial charge in [-0.05, 0) is 19.8 Å². The summed E-state index contributed by atoms with van der Waals surface area (Å²) in [6.45, 7) is 1.47. The van der Waals surface area contributed by atoms with Gasteiger partial charge in [-0.15, -0.1) is 0 Å². The molecule has 0 aromatic heterocycles. The Balaban J connectivity index is 2.72. The Labute approximate surface area is 79.4 Å². The summed E-state index contributed by atoms with van der Waals surface area (Å²) >= 11 is 0. The third-order valence-corrected chi connectivity index (χ3v) is 3.45. The third-order valence-electron chi connectivity index (χ3n) is 3.45. The molecule has 0 aliphatic heterocycles. The molecule has 0 aromatic rings. The van der Waals surface area contributed by atoms with E-state index in [0.29, 0.717) is 0 Å². The maximum absolute atomic E-state index is 9.69. The second-order valence-corrected chi connectivity index (χ2v) is 4.17. The minimum atomic E-state index is -0.771. The summed E-state index contributed by atoms with van der Waals surface area (Å²) in [7, 11) is 0. The number of rotatable bonds is 3. The Morgan fingerprint density at radius 3 is 2.08 bits per heavy atom. The van der Waals surface area contributed by atoms with Crippen LogP contribution in [0.4, 0.5) is 0 Å². The standard InChI is InChI=1S/C10H20O3/c1-8(12)10(9(13)7-11)5-3-2-4-6-10/h8-9,11-13H,2-7H2,1H3. The van der Waals surface area contributed by atoms with Gasteiger partial charge >= 0.3 is 0 Å². The molecule has 1 aliphatic rings. The van der Waals surface area contributed by atoms with Gasteiger partial charge in [-0.3, -0.25) is 0 Å². The van der Waals surface area contributed by atoms with E-state index in [9.17, 15) is 10.2 Å². The molecule has 2 atom stereocenters. The Kier molecular flexibility index (Phi) is 3.71. The largest absolute Gasteiger partial charge is 0.394 e. The van der Waals surface area contributed by atoms with Crippen LogP contribution in [-0.4, -0.2) is 34.1 Å². The van der Waals surface area contributed by atoms with Gasteiger partial charge in [-0.1, -0.05) is 19.3 Å². The first-order chi connectivity index (χ1) is 6.13. The fourth-order valence-corrected chi connectivity index (χ4v) is 2.42. The molecule has 2 unspecified atom stereocenters. The first-order valence-electron chi connectivity index (χ1n) is 5.10. The van der Waals surface area contributed by atoms with E-state index in [0.717, 1.165) is 25.7 Å². The van der Waals surface area contributed by atoms with Crippen molar-refractivity contribution < 1.29 is 15.3 Å². The van der Waals surface area contributed by atoms with E-state index in [2.05, 4.69) is 0 Å². The topological polar surface area (TPSA) is 60.7 Å². The smallest absolute Gasteiger partial charge is 0.0851 e. The normalized spacial score (nSPS) is 26.8. The fourth-order valence-electron chi connectivity index (χ4n) is 2.42. The monoisotopic (exact) mass is 188 g/mol. The summed E-state index contributed by atoms with van der Waals surface area (Å²) in [5, 5.41) is 28.3. The maximum Gasteiger partial charge on any atom is 0.0851 e. The molecular weight excluding hydrogens is 168 g/mol. The molecule has 78 valence electrons. The lowest BCUT2D eigenvalue weighted by Gasteiger charge is -2.42. The molecule has 0 saturated heterocycles. The van der Waals surface area contributed by atoms with E-state index in [1.807, 2.05) is 0 Å². The molecule has 13 heavy (non-hydrogen) atoms. The van der Waals surface area contributed by atoms with Gasteiger partial charge in [0.2, 0.25) is 0 Å². The van der Waals surface area contributed by atoms with Crippen LogP contribution in [0.5, 0.6) is 0 Å². The van der Waals surface area contributed by atoms with Gasteiger partial charge in [0.1, 0.15) is 0 Å². The molecule has 3 N–H and O–H groups in total. The van der Waals surface area contributed by atoms with Crippen LogP contribution in [0.1, 0.15) is 39.0 Å². The predicted molar refractivity (Wildman–Crippen MR) is 50.3 cm³/mol. The van der Waals surface area contributed by atoms with Gasteiger partial charge in [-0.25, -0.2) is 0 Å². The van der Waals surface area contributed by atoms with Crippen molar-refractivity contribution in [2.75, 3.05) is 6.61 Å². The average Bonchev–Trinajstić information content (AvgIpc) is 2.17. The summed E-state index contributed by atoms with van der Waals surface area (Å²) < 4.78 is 0. The summed E-state index contributed by atoms with van der Waals surface area (Å²) in [5.41, 5.74) is -0.451. The molecular formula is C10H20O3. The van der Waals surface area contributed by atoms with Crippen molar-refractivity contribution in [2.24, 2.45) is 5.41 Å². The summed E-state index contributed by atoms with van der Waals surface area (Å²) in [4.78, 5) is 0. The van der Waals surface area contributed by atoms with Crippen molar-refractivity contribution >= 4 is 0 Å². The van der Waals surface area contributed by atoms with Crippen LogP contribution in [0.15, 0.2) is 0 Å². The van der Waals surface area contributed by atoms with Crippen molar-refractivity contribution in [3.05, 3.63) is 0 Å². The van der Waals surface area contributed by atoms with Gasteiger partial charge < -0.3 is 15.3 Å². The van der Waals surface area contributed by atoms with Crippen LogP contribution in [0, 0.1) is 5.41 Å². The molecule has 0 aromatic carbocycles. The average molecular weight is 188 g/mol. The Morgan fingerprint density at radius 2 is 1.69 bits per heavy atom. The molecule has 1 fully saturated rings. The van der Waals surface area contributed by atoms with Crippen LogP contribution in [0.2, 0.25) is 0 Å². The van der Waals surface area contributed by atoms with Gasteiger partial charge in [0.05, 0.1) is 18.8 Å². The highest BCUT2D eigenvalue weighted by atomic mass is 16.3. The van der Waals surface area contributed by atoms with Crippen LogP contribution in [0.25, 0.3) is 0 Å². The lowest BCUT2D eigenvalue weighted by atomic mass is 9.67. The SMILES string of the molecule is CC(O)C1(C(O)CO)CCCCC1. The Bertz CT molecular complexity index is 150. The van der Waals surface area contributed by atoms with Gasteiger partial charge in [-0.2, -0.15) is 0 Å². The molecule has 1 saturated carbocycles. The van der Waals surface area contributed by atoms with Crippen molar-refractivity contribution in [2.45, 2.75) is 51.2 Å². The molecule has 3 heteroatoms. The summed E-state index contributed by atoms with van der Waals surface area (Å²) in [5.74, 6) is 0. The fraction of sp³-hybridized carbons (Fsp3) is 1.00. The highest BCUT2D eigenvalue weighted by molar-refractivity contribution is 4.92. The van der Waals surface area contributed by atoms with Crippen molar-refractivity contribution in [3.63, 3.8) is 0 Å². The molecule has 0 radical (unpaired) electrons. The Morgan fingerprint density at radius 1 is 1.15 bits per heavy atom. The van der Waals surface area contributed by atoms with Crippen LogP contribution in [-0.2, 0) is 0 Å². The second kappa shape index (κ2) is 4.40. The number of hydrogen-bond acceptors (Lipinski definition) is 3. The van der Waals surface area contributed by atoms with Gasteiger partial charge in [0.15, 0.2) is 0 Å². The number of hydrogen-bond donors (Lipinski definition) is 3. The van der Waals surface area contributed by atoms with E-state index in [1.54, 1.807) is 6.92 Å². The van der Waals surface area contributed by atoms with E-state index in [1.165, 1.54) is 6.42 Å². The second-order valence-electron chi connectivity index (χ2n) is 4.17. The molecule has 3 nitrogen and oxygen atoms in total. The van der Waals surface area contributed by atoms with E-state index >= 15 is 0 Å². The molecule has 1 rings (SSSR count). The van der Waals surface area contributed by atoms with E-state index in [4.69, 9.17) is 5.11 Å². The summed E-state index contributed by atoms with van der Waals surface area (Å²) in [6, 6.07) is 0. The molecule has 0 bridgehead atoms. The first kappa shape index (κ1) is 11.0. The first-order valence-corrected chi connectivity index (χ1v) is 5.10. The van der Waals surface area contributed by atoms with Gasteiger partial charge in [0.25, 0.3) is 0 Å². The van der Waals surface area contributed by atoms with Gasteiger partial charge in [0, 0.05) is 5.41 Å². The lowest BCUT2D eigenvalue weighted by molar-refractivity contribution is -0.102. The zero-order chi connectivity index (χ0) is 9.90.